The van der Waals surface area contributed by atoms with Crippen molar-refractivity contribution in [1.82, 2.24) is 9.55 Å². The van der Waals surface area contributed by atoms with Crippen molar-refractivity contribution in [3.63, 3.8) is 0 Å². The molecule has 0 saturated heterocycles. The van der Waals surface area contributed by atoms with Gasteiger partial charge in [0.1, 0.15) is 0 Å². The molecule has 6 heteroatoms. The molecule has 0 radical (unpaired) electrons. The molecule has 1 rings (SSSR count). The van der Waals surface area contributed by atoms with Crippen molar-refractivity contribution in [2.24, 2.45) is 5.73 Å². The molecule has 78 valence electrons. The number of ether oxygens (including phenoxy) is 1. The van der Waals surface area contributed by atoms with Gasteiger partial charge in [-0.3, -0.25) is 4.57 Å². The summed E-state index contributed by atoms with van der Waals surface area (Å²) in [7, 11) is 0. The van der Waals surface area contributed by atoms with E-state index in [1.54, 1.807) is 0 Å². The van der Waals surface area contributed by atoms with Crippen molar-refractivity contribution in [2.45, 2.75) is 6.54 Å². The Bertz CT molecular complexity index is 340. The average molecular weight is 218 g/mol. The summed E-state index contributed by atoms with van der Waals surface area (Å²) in [5.41, 5.74) is 4.91. The quantitative estimate of drug-likeness (QED) is 0.698. The molecule has 0 aromatic carbocycles. The van der Waals surface area contributed by atoms with Gasteiger partial charge in [-0.05, 0) is 0 Å². The summed E-state index contributed by atoms with van der Waals surface area (Å²) in [6, 6.07) is 0. The zero-order chi connectivity index (χ0) is 10.4. The Morgan fingerprint density at radius 2 is 2.36 bits per heavy atom. The van der Waals surface area contributed by atoms with Crippen molar-refractivity contribution < 1.29 is 4.74 Å². The summed E-state index contributed by atoms with van der Waals surface area (Å²) < 4.78 is 6.53. The van der Waals surface area contributed by atoms with E-state index in [4.69, 9.17) is 22.1 Å². The van der Waals surface area contributed by atoms with Crippen LogP contribution >= 0.6 is 11.6 Å². The number of rotatable bonds is 5. The number of nitrogens with zero attached hydrogens (tertiary/aromatic N) is 2. The molecule has 14 heavy (non-hydrogen) atoms. The van der Waals surface area contributed by atoms with Gasteiger partial charge in [-0.1, -0.05) is 11.6 Å². The fraction of sp³-hybridized carbons (Fsp3) is 0.500. The smallest absolute Gasteiger partial charge is 0.347 e. The maximum atomic E-state index is 11.1. The van der Waals surface area contributed by atoms with Crippen molar-refractivity contribution in [1.29, 1.82) is 0 Å². The Morgan fingerprint density at radius 3 is 3.07 bits per heavy atom. The zero-order valence-corrected chi connectivity index (χ0v) is 8.41. The molecule has 0 amide bonds. The lowest BCUT2D eigenvalue weighted by Crippen LogP contribution is -2.24. The summed E-state index contributed by atoms with van der Waals surface area (Å²) in [4.78, 5) is 14.7. The van der Waals surface area contributed by atoms with E-state index in [0.717, 1.165) is 0 Å². The minimum Gasteiger partial charge on any atom is -0.378 e. The lowest BCUT2D eigenvalue weighted by molar-refractivity contribution is 0.132. The molecule has 5 nitrogen and oxygen atoms in total. The summed E-state index contributed by atoms with van der Waals surface area (Å²) >= 11 is 5.67. The van der Waals surface area contributed by atoms with E-state index in [2.05, 4.69) is 4.98 Å². The third-order valence-corrected chi connectivity index (χ3v) is 1.76. The van der Waals surface area contributed by atoms with Crippen LogP contribution in [0.2, 0.25) is 5.02 Å². The number of aromatic nitrogens is 2. The Kier molecular flexibility index (Phi) is 4.58. The van der Waals surface area contributed by atoms with Crippen LogP contribution in [0, 0.1) is 0 Å². The third-order valence-electron chi connectivity index (χ3n) is 1.56. The van der Waals surface area contributed by atoms with Crippen LogP contribution in [0.15, 0.2) is 17.2 Å². The van der Waals surface area contributed by atoms with E-state index in [0.29, 0.717) is 31.3 Å². The Labute approximate surface area is 86.5 Å². The van der Waals surface area contributed by atoms with Gasteiger partial charge in [0.2, 0.25) is 0 Å². The van der Waals surface area contributed by atoms with Gasteiger partial charge in [0.25, 0.3) is 0 Å². The van der Waals surface area contributed by atoms with Crippen molar-refractivity contribution in [3.8, 4) is 0 Å². The van der Waals surface area contributed by atoms with Gasteiger partial charge in [-0.25, -0.2) is 9.78 Å². The van der Waals surface area contributed by atoms with Gasteiger partial charge in [0.05, 0.1) is 31.0 Å². The molecular formula is C8H12ClN3O2. The second-order valence-corrected chi connectivity index (χ2v) is 3.09. The van der Waals surface area contributed by atoms with Crippen LogP contribution in [0.4, 0.5) is 0 Å². The van der Waals surface area contributed by atoms with E-state index >= 15 is 0 Å². The number of hydrogen-bond donors (Lipinski definition) is 1. The summed E-state index contributed by atoms with van der Waals surface area (Å²) in [6.45, 7) is 1.83. The minimum absolute atomic E-state index is 0.328. The van der Waals surface area contributed by atoms with E-state index in [1.807, 2.05) is 0 Å². The lowest BCUT2D eigenvalue weighted by Gasteiger charge is -2.05. The molecule has 0 aliphatic heterocycles. The molecule has 1 aromatic heterocycles. The van der Waals surface area contributed by atoms with Gasteiger partial charge in [0, 0.05) is 12.7 Å². The van der Waals surface area contributed by atoms with Gasteiger partial charge < -0.3 is 10.5 Å². The molecule has 0 spiro atoms. The van der Waals surface area contributed by atoms with Gasteiger partial charge in [-0.2, -0.15) is 0 Å². The van der Waals surface area contributed by atoms with Crippen LogP contribution in [0.3, 0.4) is 0 Å². The summed E-state index contributed by atoms with van der Waals surface area (Å²) in [5.74, 6) is 0. The predicted molar refractivity (Wildman–Crippen MR) is 53.4 cm³/mol. The first-order valence-corrected chi connectivity index (χ1v) is 4.61. The molecule has 0 unspecified atom stereocenters. The first-order chi connectivity index (χ1) is 6.74. The number of nitrogens with two attached hydrogens (primary N) is 1. The van der Waals surface area contributed by atoms with Gasteiger partial charge in [0.15, 0.2) is 0 Å². The first-order valence-electron chi connectivity index (χ1n) is 4.24. The Morgan fingerprint density at radius 1 is 1.57 bits per heavy atom. The first kappa shape index (κ1) is 11.2. The van der Waals surface area contributed by atoms with Crippen LogP contribution < -0.4 is 11.4 Å². The second-order valence-electron chi connectivity index (χ2n) is 2.65. The molecule has 0 aliphatic rings. The zero-order valence-electron chi connectivity index (χ0n) is 7.65. The third kappa shape index (κ3) is 3.45. The molecule has 1 heterocycles. The van der Waals surface area contributed by atoms with E-state index < -0.39 is 0 Å². The Hall–Kier alpha value is -0.910. The van der Waals surface area contributed by atoms with Crippen molar-refractivity contribution in [3.05, 3.63) is 27.9 Å². The van der Waals surface area contributed by atoms with Crippen molar-refractivity contribution >= 4 is 11.6 Å². The van der Waals surface area contributed by atoms with Crippen LogP contribution in [0.1, 0.15) is 0 Å². The lowest BCUT2D eigenvalue weighted by atomic mass is 10.6. The Balaban J connectivity index is 2.49. The average Bonchev–Trinajstić information content (AvgIpc) is 2.18. The molecule has 0 fully saturated rings. The molecule has 1 aromatic rings. The minimum atomic E-state index is -0.328. The summed E-state index contributed by atoms with van der Waals surface area (Å²) in [6.07, 6.45) is 2.85. The highest BCUT2D eigenvalue weighted by Gasteiger charge is 1.97. The molecular weight excluding hydrogens is 206 g/mol. The maximum absolute atomic E-state index is 11.1. The van der Waals surface area contributed by atoms with E-state index in [1.165, 1.54) is 17.0 Å². The predicted octanol–water partition coefficient (Wildman–Crippen LogP) is -0.128. The fourth-order valence-corrected chi connectivity index (χ4v) is 1.10. The molecule has 0 atom stereocenters. The molecule has 2 N–H and O–H groups in total. The van der Waals surface area contributed by atoms with Crippen LogP contribution in [0.5, 0.6) is 0 Å². The normalized spacial score (nSPS) is 10.4. The van der Waals surface area contributed by atoms with Crippen LogP contribution in [-0.4, -0.2) is 29.3 Å². The molecule has 0 aliphatic carbocycles. The standard InChI is InChI=1S/C8H12ClN3O2/c9-7-5-11-8(13)12(6-7)2-4-14-3-1-10/h5-6H,1-4,10H2. The van der Waals surface area contributed by atoms with Gasteiger partial charge in [-0.15, -0.1) is 0 Å². The number of halogens is 1. The second kappa shape index (κ2) is 5.74. The molecule has 0 saturated carbocycles. The topological polar surface area (TPSA) is 70.1 Å². The summed E-state index contributed by atoms with van der Waals surface area (Å²) in [5, 5.41) is 0.434. The maximum Gasteiger partial charge on any atom is 0.347 e. The van der Waals surface area contributed by atoms with Crippen LogP contribution in [-0.2, 0) is 11.3 Å². The van der Waals surface area contributed by atoms with Crippen LogP contribution in [0.25, 0.3) is 0 Å². The van der Waals surface area contributed by atoms with Crippen molar-refractivity contribution in [2.75, 3.05) is 19.8 Å². The van der Waals surface area contributed by atoms with E-state index in [9.17, 15) is 4.79 Å². The van der Waals surface area contributed by atoms with E-state index in [-0.39, 0.29) is 5.69 Å². The highest BCUT2D eigenvalue weighted by molar-refractivity contribution is 6.30. The SMILES string of the molecule is NCCOCCn1cc(Cl)cnc1=O. The largest absolute Gasteiger partial charge is 0.378 e. The highest BCUT2D eigenvalue weighted by Crippen LogP contribution is 2.00. The van der Waals surface area contributed by atoms with Gasteiger partial charge >= 0.3 is 5.69 Å². The molecule has 0 bridgehead atoms. The highest BCUT2D eigenvalue weighted by atomic mass is 35.5. The monoisotopic (exact) mass is 217 g/mol. The fourth-order valence-electron chi connectivity index (χ4n) is 0.937. The number of hydrogen-bond acceptors (Lipinski definition) is 4.